The lowest BCUT2D eigenvalue weighted by atomic mass is 10.1. The van der Waals surface area contributed by atoms with Crippen molar-refractivity contribution in [3.8, 4) is 0 Å². The Hall–Kier alpha value is -0.540. The fourth-order valence-corrected chi connectivity index (χ4v) is 2.00. The van der Waals surface area contributed by atoms with Crippen LogP contribution >= 0.6 is 23.2 Å². The molecule has 0 atom stereocenters. The molecule has 1 aliphatic rings. The summed E-state index contributed by atoms with van der Waals surface area (Å²) in [5, 5.41) is 0.839. The molecule has 14 heavy (non-hydrogen) atoms. The highest BCUT2D eigenvalue weighted by Crippen LogP contribution is 2.26. The van der Waals surface area contributed by atoms with E-state index in [0.717, 1.165) is 18.9 Å². The van der Waals surface area contributed by atoms with Crippen LogP contribution in [-0.2, 0) is 0 Å². The normalized spacial score (nSPS) is 17.1. The van der Waals surface area contributed by atoms with Crippen LogP contribution < -0.4 is 4.90 Å². The molecule has 1 aliphatic heterocycles. The molecule has 3 nitrogen and oxygen atoms in total. The van der Waals surface area contributed by atoms with E-state index in [1.165, 1.54) is 19.3 Å². The van der Waals surface area contributed by atoms with Gasteiger partial charge in [-0.3, -0.25) is 0 Å². The van der Waals surface area contributed by atoms with Gasteiger partial charge in [0.25, 0.3) is 0 Å². The van der Waals surface area contributed by atoms with Gasteiger partial charge in [0.2, 0.25) is 5.28 Å². The van der Waals surface area contributed by atoms with Crippen molar-refractivity contribution in [3.63, 3.8) is 0 Å². The van der Waals surface area contributed by atoms with Crippen molar-refractivity contribution in [2.75, 3.05) is 18.0 Å². The first-order valence-corrected chi connectivity index (χ1v) is 5.46. The summed E-state index contributed by atoms with van der Waals surface area (Å²) in [6.07, 6.45) is 5.23. The van der Waals surface area contributed by atoms with Crippen LogP contribution in [0.4, 0.5) is 5.82 Å². The van der Waals surface area contributed by atoms with Crippen LogP contribution in [0, 0.1) is 0 Å². The quantitative estimate of drug-likeness (QED) is 0.697. The van der Waals surface area contributed by atoms with Crippen molar-refractivity contribution in [3.05, 3.63) is 16.5 Å². The molecule has 0 saturated carbocycles. The van der Waals surface area contributed by atoms with Gasteiger partial charge in [-0.05, 0) is 30.9 Å². The molecule has 2 heterocycles. The summed E-state index contributed by atoms with van der Waals surface area (Å²) in [7, 11) is 0. The molecule has 0 radical (unpaired) electrons. The minimum absolute atomic E-state index is 0.259. The second kappa shape index (κ2) is 4.32. The second-order valence-electron chi connectivity index (χ2n) is 3.36. The molecule has 0 spiro atoms. The molecule has 0 aromatic carbocycles. The maximum Gasteiger partial charge on any atom is 0.224 e. The molecule has 1 aromatic rings. The van der Waals surface area contributed by atoms with E-state index in [-0.39, 0.29) is 5.28 Å². The smallest absolute Gasteiger partial charge is 0.224 e. The fourth-order valence-electron chi connectivity index (χ4n) is 1.66. The first-order chi connectivity index (χ1) is 6.77. The molecule has 0 aliphatic carbocycles. The van der Waals surface area contributed by atoms with Gasteiger partial charge in [-0.25, -0.2) is 4.98 Å². The van der Waals surface area contributed by atoms with Crippen LogP contribution in [0.25, 0.3) is 0 Å². The average molecular weight is 232 g/mol. The van der Waals surface area contributed by atoms with E-state index in [9.17, 15) is 0 Å². The lowest BCUT2D eigenvalue weighted by Gasteiger charge is -2.28. The topological polar surface area (TPSA) is 29.0 Å². The first-order valence-electron chi connectivity index (χ1n) is 4.70. The second-order valence-corrected chi connectivity index (χ2v) is 4.10. The van der Waals surface area contributed by atoms with Crippen molar-refractivity contribution >= 4 is 29.0 Å². The maximum absolute atomic E-state index is 6.00. The van der Waals surface area contributed by atoms with Gasteiger partial charge in [-0.1, -0.05) is 11.6 Å². The molecule has 2 rings (SSSR count). The van der Waals surface area contributed by atoms with Crippen LogP contribution in [0.5, 0.6) is 0 Å². The molecule has 5 heteroatoms. The van der Waals surface area contributed by atoms with Gasteiger partial charge >= 0.3 is 0 Å². The third-order valence-electron chi connectivity index (χ3n) is 2.35. The van der Waals surface area contributed by atoms with Gasteiger partial charge in [0.15, 0.2) is 5.82 Å². The predicted molar refractivity (Wildman–Crippen MR) is 58.1 cm³/mol. The van der Waals surface area contributed by atoms with Crippen LogP contribution in [0.3, 0.4) is 0 Å². The van der Waals surface area contributed by atoms with Gasteiger partial charge in [0.1, 0.15) is 5.02 Å². The lowest BCUT2D eigenvalue weighted by molar-refractivity contribution is 0.573. The third kappa shape index (κ3) is 2.10. The van der Waals surface area contributed by atoms with Crippen LogP contribution in [0.15, 0.2) is 6.20 Å². The molecule has 76 valence electrons. The summed E-state index contributed by atoms with van der Waals surface area (Å²) < 4.78 is 0. The summed E-state index contributed by atoms with van der Waals surface area (Å²) in [5.74, 6) is 0.770. The average Bonchev–Trinajstić information content (AvgIpc) is 2.23. The van der Waals surface area contributed by atoms with Crippen molar-refractivity contribution in [2.24, 2.45) is 0 Å². The first kappa shape index (κ1) is 9.99. The molecule has 0 N–H and O–H groups in total. The van der Waals surface area contributed by atoms with Gasteiger partial charge in [0.05, 0.1) is 6.20 Å². The molecule has 0 bridgehead atoms. The Morgan fingerprint density at radius 2 is 1.86 bits per heavy atom. The van der Waals surface area contributed by atoms with E-state index in [4.69, 9.17) is 23.2 Å². The molecule has 0 amide bonds. The van der Waals surface area contributed by atoms with E-state index in [2.05, 4.69) is 14.9 Å². The number of piperidine rings is 1. The Bertz CT molecular complexity index is 324. The van der Waals surface area contributed by atoms with E-state index in [1.54, 1.807) is 6.20 Å². The predicted octanol–water partition coefficient (Wildman–Crippen LogP) is 2.77. The maximum atomic E-state index is 6.00. The number of rotatable bonds is 1. The van der Waals surface area contributed by atoms with Crippen LogP contribution in [0.1, 0.15) is 19.3 Å². The largest absolute Gasteiger partial charge is 0.355 e. The van der Waals surface area contributed by atoms with Gasteiger partial charge in [-0.2, -0.15) is 4.98 Å². The zero-order valence-electron chi connectivity index (χ0n) is 7.71. The number of nitrogens with zero attached hydrogens (tertiary/aromatic N) is 3. The minimum atomic E-state index is 0.259. The van der Waals surface area contributed by atoms with E-state index >= 15 is 0 Å². The lowest BCUT2D eigenvalue weighted by Crippen LogP contribution is -2.30. The van der Waals surface area contributed by atoms with Gasteiger partial charge < -0.3 is 4.90 Å². The van der Waals surface area contributed by atoms with Crippen molar-refractivity contribution in [1.82, 2.24) is 9.97 Å². The summed E-state index contributed by atoms with van der Waals surface area (Å²) in [6.45, 7) is 2.01. The highest BCUT2D eigenvalue weighted by molar-refractivity contribution is 6.33. The van der Waals surface area contributed by atoms with Gasteiger partial charge in [0, 0.05) is 13.1 Å². The summed E-state index contributed by atoms with van der Waals surface area (Å²) >= 11 is 11.7. The summed E-state index contributed by atoms with van der Waals surface area (Å²) in [5.41, 5.74) is 0. The number of hydrogen-bond donors (Lipinski definition) is 0. The molecule has 1 saturated heterocycles. The summed E-state index contributed by atoms with van der Waals surface area (Å²) in [6, 6.07) is 0. The number of aromatic nitrogens is 2. The number of hydrogen-bond acceptors (Lipinski definition) is 3. The zero-order chi connectivity index (χ0) is 9.97. The third-order valence-corrected chi connectivity index (χ3v) is 2.80. The molecule has 1 fully saturated rings. The van der Waals surface area contributed by atoms with Crippen molar-refractivity contribution in [1.29, 1.82) is 0 Å². The number of halogens is 2. The Kier molecular flexibility index (Phi) is 3.08. The van der Waals surface area contributed by atoms with Crippen molar-refractivity contribution in [2.45, 2.75) is 19.3 Å². The van der Waals surface area contributed by atoms with E-state index < -0.39 is 0 Å². The fraction of sp³-hybridized carbons (Fsp3) is 0.556. The van der Waals surface area contributed by atoms with E-state index in [0.29, 0.717) is 5.02 Å². The van der Waals surface area contributed by atoms with Crippen LogP contribution in [-0.4, -0.2) is 23.1 Å². The molecular weight excluding hydrogens is 221 g/mol. The highest BCUT2D eigenvalue weighted by atomic mass is 35.5. The Morgan fingerprint density at radius 1 is 1.14 bits per heavy atom. The zero-order valence-corrected chi connectivity index (χ0v) is 9.22. The summed E-state index contributed by atoms with van der Waals surface area (Å²) in [4.78, 5) is 10.1. The Balaban J connectivity index is 2.24. The highest BCUT2D eigenvalue weighted by Gasteiger charge is 2.15. The Morgan fingerprint density at radius 3 is 2.57 bits per heavy atom. The monoisotopic (exact) mass is 231 g/mol. The molecule has 1 aromatic heterocycles. The minimum Gasteiger partial charge on any atom is -0.355 e. The molecular formula is C9H11Cl2N3. The molecule has 0 unspecified atom stereocenters. The number of anilines is 1. The van der Waals surface area contributed by atoms with E-state index in [1.807, 2.05) is 0 Å². The SMILES string of the molecule is Clc1ncc(Cl)c(N2CCCCC2)n1. The Labute approximate surface area is 93.1 Å². The van der Waals surface area contributed by atoms with Crippen LogP contribution in [0.2, 0.25) is 10.3 Å². The standard InChI is InChI=1S/C9H11Cl2N3/c10-7-6-12-9(11)13-8(7)14-4-2-1-3-5-14/h6H,1-5H2. The van der Waals surface area contributed by atoms with Crippen molar-refractivity contribution < 1.29 is 0 Å². The van der Waals surface area contributed by atoms with Gasteiger partial charge in [-0.15, -0.1) is 0 Å².